The average molecular weight is 341 g/mol. The molecule has 0 bridgehead atoms. The van der Waals surface area contributed by atoms with Gasteiger partial charge >= 0.3 is 5.97 Å². The van der Waals surface area contributed by atoms with E-state index in [1.807, 2.05) is 13.8 Å². The Morgan fingerprint density at radius 3 is 2.62 bits per heavy atom. The first-order valence-electron chi connectivity index (χ1n) is 8.35. The van der Waals surface area contributed by atoms with E-state index in [0.29, 0.717) is 25.7 Å². The first kappa shape index (κ1) is 20.1. The number of carbonyl (C=O) groups excluding carboxylic acids is 3. The molecule has 1 aliphatic heterocycles. The first-order chi connectivity index (χ1) is 11.3. The number of hydrogen-bond acceptors (Lipinski definition) is 5. The van der Waals surface area contributed by atoms with Gasteiger partial charge in [0, 0.05) is 13.0 Å². The number of likely N-dealkylation sites (tertiary alicyclic amines) is 1. The molecule has 0 aromatic heterocycles. The molecule has 0 aromatic rings. The van der Waals surface area contributed by atoms with Crippen LogP contribution < -0.4 is 11.1 Å². The van der Waals surface area contributed by atoms with Gasteiger partial charge in [-0.2, -0.15) is 0 Å². The zero-order valence-corrected chi connectivity index (χ0v) is 14.2. The molecule has 0 saturated carbocycles. The van der Waals surface area contributed by atoms with Gasteiger partial charge in [-0.1, -0.05) is 20.3 Å². The lowest BCUT2D eigenvalue weighted by molar-refractivity contribution is -0.140. The van der Waals surface area contributed by atoms with E-state index in [1.54, 1.807) is 0 Å². The van der Waals surface area contributed by atoms with Gasteiger partial charge in [-0.3, -0.25) is 14.4 Å². The SMILES string of the molecule is CC[C@H](C)[C@H](N)C(=O)N1CCC[C@H]1C(=O)N[C@H](C=O)CCC(=O)O. The summed E-state index contributed by atoms with van der Waals surface area (Å²) in [6.45, 7) is 4.30. The van der Waals surface area contributed by atoms with Crippen LogP contribution in [0.15, 0.2) is 0 Å². The van der Waals surface area contributed by atoms with Gasteiger partial charge in [0.2, 0.25) is 11.8 Å². The maximum Gasteiger partial charge on any atom is 0.303 e. The highest BCUT2D eigenvalue weighted by molar-refractivity contribution is 5.91. The van der Waals surface area contributed by atoms with E-state index < -0.39 is 30.0 Å². The highest BCUT2D eigenvalue weighted by Gasteiger charge is 2.37. The van der Waals surface area contributed by atoms with Crippen molar-refractivity contribution in [3.05, 3.63) is 0 Å². The molecule has 24 heavy (non-hydrogen) atoms. The molecule has 2 amide bonds. The second-order valence-electron chi connectivity index (χ2n) is 6.28. The topological polar surface area (TPSA) is 130 Å². The lowest BCUT2D eigenvalue weighted by Crippen LogP contribution is -2.54. The molecular formula is C16H27N3O5. The summed E-state index contributed by atoms with van der Waals surface area (Å²) < 4.78 is 0. The van der Waals surface area contributed by atoms with E-state index in [0.717, 1.165) is 6.42 Å². The maximum absolute atomic E-state index is 12.5. The van der Waals surface area contributed by atoms with Gasteiger partial charge in [-0.25, -0.2) is 0 Å². The minimum atomic E-state index is -1.03. The molecule has 1 aliphatic rings. The Hall–Kier alpha value is -1.96. The molecule has 1 rings (SSSR count). The Morgan fingerprint density at radius 2 is 2.08 bits per heavy atom. The minimum Gasteiger partial charge on any atom is -0.481 e. The molecule has 8 nitrogen and oxygen atoms in total. The highest BCUT2D eigenvalue weighted by Crippen LogP contribution is 2.20. The average Bonchev–Trinajstić information content (AvgIpc) is 3.05. The normalized spacial score (nSPS) is 21.0. The first-order valence-corrected chi connectivity index (χ1v) is 8.35. The number of carboxylic acids is 1. The zero-order valence-electron chi connectivity index (χ0n) is 14.2. The Morgan fingerprint density at radius 1 is 1.42 bits per heavy atom. The van der Waals surface area contributed by atoms with Crippen LogP contribution in [0.5, 0.6) is 0 Å². The third-order valence-corrected chi connectivity index (χ3v) is 4.54. The number of aldehydes is 1. The van der Waals surface area contributed by atoms with E-state index in [9.17, 15) is 19.2 Å². The quantitative estimate of drug-likeness (QED) is 0.502. The summed E-state index contributed by atoms with van der Waals surface area (Å²) in [5.41, 5.74) is 5.98. The van der Waals surface area contributed by atoms with Crippen LogP contribution in [0, 0.1) is 5.92 Å². The fraction of sp³-hybridized carbons (Fsp3) is 0.750. The molecule has 1 heterocycles. The summed E-state index contributed by atoms with van der Waals surface area (Å²) >= 11 is 0. The molecule has 0 aromatic carbocycles. The summed E-state index contributed by atoms with van der Waals surface area (Å²) in [5, 5.41) is 11.2. The van der Waals surface area contributed by atoms with Crippen molar-refractivity contribution in [3.8, 4) is 0 Å². The van der Waals surface area contributed by atoms with E-state index in [4.69, 9.17) is 10.8 Å². The second kappa shape index (κ2) is 9.36. The third kappa shape index (κ3) is 5.30. The number of hydrogen-bond donors (Lipinski definition) is 3. The summed E-state index contributed by atoms with van der Waals surface area (Å²) in [4.78, 5) is 48.0. The number of rotatable bonds is 9. The van der Waals surface area contributed by atoms with Gasteiger partial charge in [-0.05, 0) is 25.2 Å². The molecule has 0 spiro atoms. The molecule has 8 heteroatoms. The van der Waals surface area contributed by atoms with Crippen molar-refractivity contribution in [1.82, 2.24) is 10.2 Å². The Balaban J connectivity index is 2.69. The van der Waals surface area contributed by atoms with Crippen LogP contribution in [0.3, 0.4) is 0 Å². The van der Waals surface area contributed by atoms with Crippen LogP contribution in [0.4, 0.5) is 0 Å². The lowest BCUT2D eigenvalue weighted by atomic mass is 9.98. The largest absolute Gasteiger partial charge is 0.481 e. The second-order valence-corrected chi connectivity index (χ2v) is 6.28. The number of nitrogens with zero attached hydrogens (tertiary/aromatic N) is 1. The predicted molar refractivity (Wildman–Crippen MR) is 87.0 cm³/mol. The third-order valence-electron chi connectivity index (χ3n) is 4.54. The molecule has 0 aliphatic carbocycles. The minimum absolute atomic E-state index is 0.0140. The van der Waals surface area contributed by atoms with Crippen LogP contribution in [0.1, 0.15) is 46.0 Å². The van der Waals surface area contributed by atoms with Crippen molar-refractivity contribution in [1.29, 1.82) is 0 Å². The standard InChI is InChI=1S/C16H27N3O5/c1-3-10(2)14(17)16(24)19-8-4-5-12(19)15(23)18-11(9-20)6-7-13(21)22/h9-12,14H,3-8,17H2,1-2H3,(H,18,23)(H,21,22)/t10-,11-,12-,14-/m0/s1. The Bertz CT molecular complexity index is 482. The molecule has 4 atom stereocenters. The van der Waals surface area contributed by atoms with Crippen molar-refractivity contribution >= 4 is 24.1 Å². The lowest BCUT2D eigenvalue weighted by Gasteiger charge is -2.29. The number of nitrogens with one attached hydrogen (secondary N) is 1. The number of nitrogens with two attached hydrogens (primary N) is 1. The zero-order chi connectivity index (χ0) is 18.3. The maximum atomic E-state index is 12.5. The van der Waals surface area contributed by atoms with Gasteiger partial charge in [0.1, 0.15) is 12.3 Å². The van der Waals surface area contributed by atoms with E-state index in [-0.39, 0.29) is 24.7 Å². The number of amides is 2. The van der Waals surface area contributed by atoms with E-state index >= 15 is 0 Å². The summed E-state index contributed by atoms with van der Waals surface area (Å²) in [5.74, 6) is -1.71. The molecule has 0 radical (unpaired) electrons. The Kier molecular flexibility index (Phi) is 7.84. The Labute approximate surface area is 141 Å². The summed E-state index contributed by atoms with van der Waals surface area (Å²) in [7, 11) is 0. The molecule has 136 valence electrons. The van der Waals surface area contributed by atoms with Crippen molar-refractivity contribution in [2.45, 2.75) is 64.1 Å². The fourth-order valence-electron chi connectivity index (χ4n) is 2.72. The van der Waals surface area contributed by atoms with Gasteiger partial charge < -0.3 is 25.9 Å². The molecule has 1 fully saturated rings. The van der Waals surface area contributed by atoms with Crippen LogP contribution in [0.25, 0.3) is 0 Å². The number of carbonyl (C=O) groups is 4. The van der Waals surface area contributed by atoms with E-state index in [1.165, 1.54) is 4.90 Å². The molecule has 0 unspecified atom stereocenters. The monoisotopic (exact) mass is 341 g/mol. The van der Waals surface area contributed by atoms with Gasteiger partial charge in [0.25, 0.3) is 0 Å². The molecular weight excluding hydrogens is 314 g/mol. The summed E-state index contributed by atoms with van der Waals surface area (Å²) in [6, 6.07) is -2.17. The number of carboxylic acid groups (broad SMARTS) is 1. The van der Waals surface area contributed by atoms with E-state index in [2.05, 4.69) is 5.32 Å². The molecule has 1 saturated heterocycles. The highest BCUT2D eigenvalue weighted by atomic mass is 16.4. The fourth-order valence-corrected chi connectivity index (χ4v) is 2.72. The van der Waals surface area contributed by atoms with Crippen LogP contribution in [-0.4, -0.2) is 58.7 Å². The van der Waals surface area contributed by atoms with Gasteiger partial charge in [0.15, 0.2) is 0 Å². The van der Waals surface area contributed by atoms with Crippen LogP contribution in [0.2, 0.25) is 0 Å². The number of aliphatic carboxylic acids is 1. The van der Waals surface area contributed by atoms with Gasteiger partial charge in [-0.15, -0.1) is 0 Å². The van der Waals surface area contributed by atoms with Crippen LogP contribution in [-0.2, 0) is 19.2 Å². The smallest absolute Gasteiger partial charge is 0.303 e. The van der Waals surface area contributed by atoms with Crippen molar-refractivity contribution < 1.29 is 24.3 Å². The van der Waals surface area contributed by atoms with Crippen LogP contribution >= 0.6 is 0 Å². The predicted octanol–water partition coefficient (Wildman–Crippen LogP) is -0.101. The van der Waals surface area contributed by atoms with Gasteiger partial charge in [0.05, 0.1) is 12.1 Å². The van der Waals surface area contributed by atoms with Crippen molar-refractivity contribution in [2.75, 3.05) is 6.54 Å². The summed E-state index contributed by atoms with van der Waals surface area (Å²) in [6.07, 6.45) is 2.30. The van der Waals surface area contributed by atoms with Crippen molar-refractivity contribution in [3.63, 3.8) is 0 Å². The van der Waals surface area contributed by atoms with Crippen molar-refractivity contribution in [2.24, 2.45) is 11.7 Å². The molecule has 4 N–H and O–H groups in total.